The molecule has 0 bridgehead atoms. The molecule has 94 valence electrons. The maximum absolute atomic E-state index is 12.1. The smallest absolute Gasteiger partial charge is 0.331 e. The number of hydrogen-bond donors (Lipinski definition) is 2. The molecule has 0 saturated heterocycles. The van der Waals surface area contributed by atoms with Gasteiger partial charge < -0.3 is 10.2 Å². The highest BCUT2D eigenvalue weighted by atomic mass is 19.3. The summed E-state index contributed by atoms with van der Waals surface area (Å²) in [6.45, 7) is 1.21. The molecule has 0 spiro atoms. The van der Waals surface area contributed by atoms with Crippen LogP contribution in [0.2, 0.25) is 0 Å². The number of halogens is 2. The van der Waals surface area contributed by atoms with E-state index in [1.165, 1.54) is 11.0 Å². The number of carboxylic acids is 1. The van der Waals surface area contributed by atoms with Gasteiger partial charge in [0, 0.05) is 18.7 Å². The lowest BCUT2D eigenvalue weighted by atomic mass is 10.2. The summed E-state index contributed by atoms with van der Waals surface area (Å²) >= 11 is 0. The van der Waals surface area contributed by atoms with E-state index >= 15 is 0 Å². The van der Waals surface area contributed by atoms with Crippen molar-refractivity contribution in [3.8, 4) is 0 Å². The topological polar surface area (TPSA) is 60.8 Å². The second kappa shape index (κ2) is 8.18. The Kier molecular flexibility index (Phi) is 7.66. The summed E-state index contributed by atoms with van der Waals surface area (Å²) in [5, 5.41) is 17.4. The molecule has 0 aromatic heterocycles. The number of aliphatic hydroxyl groups is 1. The molecule has 0 aromatic carbocycles. The SMILES string of the molecule is CCC(=CCN(CCO)CC(F)F)C(=O)O. The minimum absolute atomic E-state index is 0.109. The van der Waals surface area contributed by atoms with Crippen LogP contribution < -0.4 is 0 Å². The number of alkyl halides is 2. The molecule has 0 atom stereocenters. The summed E-state index contributed by atoms with van der Waals surface area (Å²) in [4.78, 5) is 11.9. The Morgan fingerprint density at radius 1 is 1.50 bits per heavy atom. The van der Waals surface area contributed by atoms with Gasteiger partial charge in [-0.1, -0.05) is 13.0 Å². The van der Waals surface area contributed by atoms with Crippen LogP contribution in [0, 0.1) is 0 Å². The number of aliphatic carboxylic acids is 1. The molecule has 0 aliphatic carbocycles. The zero-order chi connectivity index (χ0) is 12.6. The average molecular weight is 237 g/mol. The first-order valence-corrected chi connectivity index (χ1v) is 5.04. The van der Waals surface area contributed by atoms with Crippen molar-refractivity contribution >= 4 is 5.97 Å². The van der Waals surface area contributed by atoms with E-state index in [0.717, 1.165) is 0 Å². The second-order valence-corrected chi connectivity index (χ2v) is 3.26. The number of carbonyl (C=O) groups is 1. The van der Waals surface area contributed by atoms with Crippen LogP contribution in [0.3, 0.4) is 0 Å². The molecule has 0 fully saturated rings. The lowest BCUT2D eigenvalue weighted by Gasteiger charge is -2.18. The molecule has 2 N–H and O–H groups in total. The van der Waals surface area contributed by atoms with Crippen molar-refractivity contribution in [1.82, 2.24) is 4.90 Å². The maximum Gasteiger partial charge on any atom is 0.331 e. The van der Waals surface area contributed by atoms with E-state index in [-0.39, 0.29) is 25.3 Å². The van der Waals surface area contributed by atoms with Crippen molar-refractivity contribution in [2.45, 2.75) is 19.8 Å². The summed E-state index contributed by atoms with van der Waals surface area (Å²) in [5.41, 5.74) is 0.192. The van der Waals surface area contributed by atoms with E-state index in [1.54, 1.807) is 6.92 Å². The normalized spacial score (nSPS) is 12.5. The molecular formula is C10H17F2NO3. The Balaban J connectivity index is 4.32. The van der Waals surface area contributed by atoms with Gasteiger partial charge in [-0.05, 0) is 6.42 Å². The first-order valence-electron chi connectivity index (χ1n) is 5.04. The van der Waals surface area contributed by atoms with Crippen molar-refractivity contribution < 1.29 is 23.8 Å². The lowest BCUT2D eigenvalue weighted by molar-refractivity contribution is -0.132. The van der Waals surface area contributed by atoms with Gasteiger partial charge in [-0.2, -0.15) is 0 Å². The molecule has 0 amide bonds. The van der Waals surface area contributed by atoms with Crippen molar-refractivity contribution in [3.63, 3.8) is 0 Å². The molecule has 0 unspecified atom stereocenters. The van der Waals surface area contributed by atoms with Gasteiger partial charge in [0.1, 0.15) is 0 Å². The van der Waals surface area contributed by atoms with E-state index in [0.29, 0.717) is 6.42 Å². The fourth-order valence-corrected chi connectivity index (χ4v) is 1.22. The van der Waals surface area contributed by atoms with Gasteiger partial charge in [-0.3, -0.25) is 4.90 Å². The highest BCUT2D eigenvalue weighted by Crippen LogP contribution is 2.03. The molecule has 0 aliphatic rings. The van der Waals surface area contributed by atoms with Crippen molar-refractivity contribution in [2.75, 3.05) is 26.2 Å². The first-order chi connectivity index (χ1) is 7.51. The molecule has 0 heterocycles. The summed E-state index contributed by atoms with van der Waals surface area (Å²) in [6, 6.07) is 0. The van der Waals surface area contributed by atoms with Crippen LogP contribution in [0.1, 0.15) is 13.3 Å². The zero-order valence-electron chi connectivity index (χ0n) is 9.20. The Morgan fingerprint density at radius 2 is 2.12 bits per heavy atom. The van der Waals surface area contributed by atoms with Crippen LogP contribution in [0.25, 0.3) is 0 Å². The summed E-state index contributed by atoms with van der Waals surface area (Å²) in [6.07, 6.45) is -0.744. The molecule has 4 nitrogen and oxygen atoms in total. The van der Waals surface area contributed by atoms with Crippen LogP contribution in [0.5, 0.6) is 0 Å². The van der Waals surface area contributed by atoms with E-state index in [2.05, 4.69) is 0 Å². The van der Waals surface area contributed by atoms with E-state index in [4.69, 9.17) is 10.2 Å². The van der Waals surface area contributed by atoms with Gasteiger partial charge in [0.25, 0.3) is 6.43 Å². The van der Waals surface area contributed by atoms with E-state index < -0.39 is 18.9 Å². The molecule has 0 saturated carbocycles. The molecule has 0 rings (SSSR count). The fourth-order valence-electron chi connectivity index (χ4n) is 1.22. The van der Waals surface area contributed by atoms with Crippen LogP contribution in [0.4, 0.5) is 8.78 Å². The number of rotatable bonds is 8. The zero-order valence-corrected chi connectivity index (χ0v) is 9.20. The van der Waals surface area contributed by atoms with Gasteiger partial charge in [-0.15, -0.1) is 0 Å². The van der Waals surface area contributed by atoms with Crippen LogP contribution in [-0.4, -0.2) is 53.7 Å². The molecule has 0 aromatic rings. The summed E-state index contributed by atoms with van der Waals surface area (Å²) in [7, 11) is 0. The minimum Gasteiger partial charge on any atom is -0.478 e. The van der Waals surface area contributed by atoms with Gasteiger partial charge in [0.05, 0.1) is 13.2 Å². The average Bonchev–Trinajstić information content (AvgIpc) is 2.17. The third-order valence-corrected chi connectivity index (χ3v) is 2.06. The molecule has 16 heavy (non-hydrogen) atoms. The quantitative estimate of drug-likeness (QED) is 0.617. The Bertz CT molecular complexity index is 244. The number of carboxylic acid groups (broad SMARTS) is 1. The van der Waals surface area contributed by atoms with Gasteiger partial charge in [-0.25, -0.2) is 13.6 Å². The minimum atomic E-state index is -2.49. The maximum atomic E-state index is 12.1. The predicted octanol–water partition coefficient (Wildman–Crippen LogP) is 0.967. The van der Waals surface area contributed by atoms with Crippen LogP contribution >= 0.6 is 0 Å². The molecule has 0 aliphatic heterocycles. The largest absolute Gasteiger partial charge is 0.478 e. The fraction of sp³-hybridized carbons (Fsp3) is 0.700. The highest BCUT2D eigenvalue weighted by molar-refractivity contribution is 5.86. The Hall–Kier alpha value is -1.01. The second-order valence-electron chi connectivity index (χ2n) is 3.26. The first kappa shape index (κ1) is 15.0. The number of hydrogen-bond acceptors (Lipinski definition) is 3. The molecule has 6 heteroatoms. The lowest BCUT2D eigenvalue weighted by Crippen LogP contribution is -2.32. The third-order valence-electron chi connectivity index (χ3n) is 2.06. The van der Waals surface area contributed by atoms with Gasteiger partial charge >= 0.3 is 5.97 Å². The standard InChI is InChI=1S/C10H17F2NO3/c1-2-8(10(15)16)3-4-13(5-6-14)7-9(11)12/h3,9,14H,2,4-7H2,1H3,(H,15,16). The van der Waals surface area contributed by atoms with E-state index in [1.807, 2.05) is 0 Å². The predicted molar refractivity (Wildman–Crippen MR) is 55.5 cm³/mol. The molecule has 0 radical (unpaired) electrons. The monoisotopic (exact) mass is 237 g/mol. The van der Waals surface area contributed by atoms with Crippen molar-refractivity contribution in [3.05, 3.63) is 11.6 Å². The van der Waals surface area contributed by atoms with Crippen molar-refractivity contribution in [1.29, 1.82) is 0 Å². The molecular weight excluding hydrogens is 220 g/mol. The third kappa shape index (κ3) is 6.47. The summed E-state index contributed by atoms with van der Waals surface area (Å²) in [5.74, 6) is -1.04. The highest BCUT2D eigenvalue weighted by Gasteiger charge is 2.11. The number of nitrogens with zero attached hydrogens (tertiary/aromatic N) is 1. The Morgan fingerprint density at radius 3 is 2.50 bits per heavy atom. The van der Waals surface area contributed by atoms with Gasteiger partial charge in [0.15, 0.2) is 0 Å². The van der Waals surface area contributed by atoms with Crippen molar-refractivity contribution in [2.24, 2.45) is 0 Å². The van der Waals surface area contributed by atoms with Gasteiger partial charge in [0.2, 0.25) is 0 Å². The summed E-state index contributed by atoms with van der Waals surface area (Å²) < 4.78 is 24.2. The van der Waals surface area contributed by atoms with E-state index in [9.17, 15) is 13.6 Å². The Labute approximate surface area is 93.2 Å². The van der Waals surface area contributed by atoms with Crippen LogP contribution in [0.15, 0.2) is 11.6 Å². The number of aliphatic hydroxyl groups excluding tert-OH is 1. The van der Waals surface area contributed by atoms with Crippen LogP contribution in [-0.2, 0) is 4.79 Å².